The number of rotatable bonds is 3. The Labute approximate surface area is 173 Å². The second kappa shape index (κ2) is 7.32. The Hall–Kier alpha value is -3.06. The molecule has 1 saturated heterocycles. The quantitative estimate of drug-likeness (QED) is 0.686. The van der Waals surface area contributed by atoms with Crippen molar-refractivity contribution in [3.8, 4) is 0 Å². The van der Waals surface area contributed by atoms with Gasteiger partial charge in [-0.15, -0.1) is 0 Å². The van der Waals surface area contributed by atoms with Gasteiger partial charge in [-0.3, -0.25) is 4.79 Å². The summed E-state index contributed by atoms with van der Waals surface area (Å²) in [5.74, 6) is -2.50. The maximum absolute atomic E-state index is 14.2. The van der Waals surface area contributed by atoms with Gasteiger partial charge in [-0.05, 0) is 29.3 Å². The van der Waals surface area contributed by atoms with E-state index in [1.807, 2.05) is 30.3 Å². The number of carbonyl (C=O) groups is 1. The van der Waals surface area contributed by atoms with Crippen molar-refractivity contribution in [2.75, 3.05) is 11.9 Å². The van der Waals surface area contributed by atoms with Crippen LogP contribution in [0.4, 0.5) is 10.1 Å². The van der Waals surface area contributed by atoms with Gasteiger partial charge in [0.25, 0.3) is 11.7 Å². The van der Waals surface area contributed by atoms with Crippen molar-refractivity contribution in [1.82, 2.24) is 0 Å². The van der Waals surface area contributed by atoms with E-state index in [0.29, 0.717) is 29.8 Å². The van der Waals surface area contributed by atoms with Gasteiger partial charge in [0.2, 0.25) is 0 Å². The van der Waals surface area contributed by atoms with Gasteiger partial charge in [0, 0.05) is 17.5 Å². The summed E-state index contributed by atoms with van der Waals surface area (Å²) < 4.78 is 26.3. The average Bonchev–Trinajstić information content (AvgIpc) is 3.04. The lowest BCUT2D eigenvalue weighted by Crippen LogP contribution is -2.44. The Morgan fingerprint density at radius 3 is 2.63 bits per heavy atom. The second-order valence-electron chi connectivity index (χ2n) is 7.45. The molecule has 2 aliphatic heterocycles. The zero-order valence-electron chi connectivity index (χ0n) is 16.0. The summed E-state index contributed by atoms with van der Waals surface area (Å²) in [6.45, 7) is 0.340. The van der Waals surface area contributed by atoms with E-state index in [1.165, 1.54) is 12.1 Å². The summed E-state index contributed by atoms with van der Waals surface area (Å²) in [6.07, 6.45) is -0.874. The number of fused-ring (bicyclic) bond motifs is 2. The van der Waals surface area contributed by atoms with E-state index in [0.717, 1.165) is 5.56 Å². The van der Waals surface area contributed by atoms with Gasteiger partial charge < -0.3 is 19.9 Å². The monoisotopic (exact) mass is 405 g/mol. The fourth-order valence-electron chi connectivity index (χ4n) is 4.08. The topological polar surface area (TPSA) is 67.8 Å². The molecule has 5 nitrogen and oxygen atoms in total. The van der Waals surface area contributed by atoms with E-state index in [2.05, 4.69) is 5.32 Å². The molecule has 3 atom stereocenters. The molecule has 1 spiro atoms. The normalized spacial score (nSPS) is 23.8. The van der Waals surface area contributed by atoms with Crippen molar-refractivity contribution in [3.63, 3.8) is 0 Å². The van der Waals surface area contributed by atoms with E-state index in [4.69, 9.17) is 9.47 Å². The zero-order chi connectivity index (χ0) is 20.7. The second-order valence-corrected chi connectivity index (χ2v) is 7.45. The number of anilines is 1. The number of aliphatic hydroxyl groups is 1. The Balaban J connectivity index is 1.53. The minimum Gasteiger partial charge on any atom is -0.384 e. The molecule has 2 unspecified atom stereocenters. The minimum absolute atomic E-state index is 0.163. The van der Waals surface area contributed by atoms with Crippen LogP contribution in [-0.2, 0) is 20.1 Å². The highest BCUT2D eigenvalue weighted by Gasteiger charge is 2.53. The summed E-state index contributed by atoms with van der Waals surface area (Å²) in [7, 11) is 0. The molecule has 0 bridgehead atoms. The third-order valence-corrected chi connectivity index (χ3v) is 5.63. The van der Waals surface area contributed by atoms with Crippen LogP contribution in [0, 0.1) is 5.82 Å². The molecule has 0 aromatic heterocycles. The standard InChI is InChI=1S/C24H20FNO4/c25-19-9-5-4-8-17(19)22(27)16-10-11-20-18(14-16)24(23(28)26-20)29-13-12-21(30-24)15-6-2-1-3-7-15/h1-11,14,21-22,27H,12-13H2,(H,26,28)/t21?,22?,24-/m1/s1. The van der Waals surface area contributed by atoms with Crippen molar-refractivity contribution >= 4 is 11.6 Å². The first-order valence-electron chi connectivity index (χ1n) is 9.83. The van der Waals surface area contributed by atoms with Crippen LogP contribution in [0.2, 0.25) is 0 Å². The number of ether oxygens (including phenoxy) is 2. The molecule has 6 heteroatoms. The molecule has 1 fully saturated rings. The Kier molecular flexibility index (Phi) is 4.62. The van der Waals surface area contributed by atoms with Crippen molar-refractivity contribution in [3.05, 3.63) is 101 Å². The minimum atomic E-state index is -1.60. The van der Waals surface area contributed by atoms with Gasteiger partial charge in [0.05, 0.1) is 18.4 Å². The number of aliphatic hydroxyl groups excluding tert-OH is 1. The predicted octanol–water partition coefficient (Wildman–Crippen LogP) is 4.19. The molecule has 0 saturated carbocycles. The Bertz CT molecular complexity index is 1100. The molecule has 2 aliphatic rings. The highest BCUT2D eigenvalue weighted by molar-refractivity contribution is 6.04. The van der Waals surface area contributed by atoms with Gasteiger partial charge in [-0.2, -0.15) is 0 Å². The summed E-state index contributed by atoms with van der Waals surface area (Å²) >= 11 is 0. The summed E-state index contributed by atoms with van der Waals surface area (Å²) in [4.78, 5) is 12.9. The molecule has 3 aromatic rings. The van der Waals surface area contributed by atoms with Crippen LogP contribution in [-0.4, -0.2) is 17.6 Å². The molecule has 0 aliphatic carbocycles. The smallest absolute Gasteiger partial charge is 0.289 e. The van der Waals surface area contributed by atoms with Gasteiger partial charge >= 0.3 is 0 Å². The number of amides is 1. The number of benzene rings is 3. The summed E-state index contributed by atoms with van der Waals surface area (Å²) in [5, 5.41) is 13.6. The number of halogens is 1. The summed E-state index contributed by atoms with van der Waals surface area (Å²) in [6, 6.07) is 20.7. The molecule has 30 heavy (non-hydrogen) atoms. The first-order chi connectivity index (χ1) is 14.6. The first-order valence-corrected chi connectivity index (χ1v) is 9.83. The lowest BCUT2D eigenvalue weighted by molar-refractivity contribution is -0.282. The number of nitrogens with one attached hydrogen (secondary N) is 1. The molecule has 5 rings (SSSR count). The van der Waals surface area contributed by atoms with Gasteiger partial charge in [-0.1, -0.05) is 54.6 Å². The Morgan fingerprint density at radius 1 is 1.07 bits per heavy atom. The maximum Gasteiger partial charge on any atom is 0.289 e. The average molecular weight is 405 g/mol. The largest absolute Gasteiger partial charge is 0.384 e. The van der Waals surface area contributed by atoms with Gasteiger partial charge in [0.1, 0.15) is 11.9 Å². The van der Waals surface area contributed by atoms with E-state index < -0.39 is 23.6 Å². The van der Waals surface area contributed by atoms with Crippen LogP contribution < -0.4 is 5.32 Å². The molecule has 152 valence electrons. The molecule has 2 heterocycles. The SMILES string of the molecule is O=C1Nc2ccc(C(O)c3ccccc3F)cc2[C@]12OCCC(c1ccccc1)O2. The van der Waals surface area contributed by atoms with Crippen LogP contribution in [0.15, 0.2) is 72.8 Å². The van der Waals surface area contributed by atoms with Crippen LogP contribution in [0.25, 0.3) is 0 Å². The van der Waals surface area contributed by atoms with Crippen molar-refractivity contribution in [2.24, 2.45) is 0 Å². The van der Waals surface area contributed by atoms with E-state index in [-0.39, 0.29) is 11.7 Å². The highest BCUT2D eigenvalue weighted by Crippen LogP contribution is 2.47. The molecule has 3 aromatic carbocycles. The number of carbonyl (C=O) groups excluding carboxylic acids is 1. The predicted molar refractivity (Wildman–Crippen MR) is 108 cm³/mol. The fourth-order valence-corrected chi connectivity index (χ4v) is 4.08. The number of hydrogen-bond acceptors (Lipinski definition) is 4. The molecule has 0 radical (unpaired) electrons. The third kappa shape index (κ3) is 3.01. The van der Waals surface area contributed by atoms with Crippen molar-refractivity contribution in [1.29, 1.82) is 0 Å². The van der Waals surface area contributed by atoms with Crippen LogP contribution >= 0.6 is 0 Å². The van der Waals surface area contributed by atoms with Gasteiger partial charge in [0.15, 0.2) is 0 Å². The van der Waals surface area contributed by atoms with Crippen LogP contribution in [0.3, 0.4) is 0 Å². The first kappa shape index (κ1) is 18.9. The van der Waals surface area contributed by atoms with E-state index >= 15 is 0 Å². The fraction of sp³-hybridized carbons (Fsp3) is 0.208. The van der Waals surface area contributed by atoms with Crippen LogP contribution in [0.1, 0.15) is 40.9 Å². The molecule has 2 N–H and O–H groups in total. The highest BCUT2D eigenvalue weighted by atomic mass is 19.1. The lowest BCUT2D eigenvalue weighted by atomic mass is 9.95. The lowest BCUT2D eigenvalue weighted by Gasteiger charge is -2.37. The van der Waals surface area contributed by atoms with Gasteiger partial charge in [-0.25, -0.2) is 4.39 Å². The van der Waals surface area contributed by atoms with E-state index in [9.17, 15) is 14.3 Å². The molecular formula is C24H20FNO4. The zero-order valence-corrected chi connectivity index (χ0v) is 16.0. The number of hydrogen-bond donors (Lipinski definition) is 2. The van der Waals surface area contributed by atoms with E-state index in [1.54, 1.807) is 30.3 Å². The van der Waals surface area contributed by atoms with Crippen molar-refractivity contribution in [2.45, 2.75) is 24.4 Å². The van der Waals surface area contributed by atoms with Crippen molar-refractivity contribution < 1.29 is 23.8 Å². The Morgan fingerprint density at radius 2 is 1.83 bits per heavy atom. The third-order valence-electron chi connectivity index (χ3n) is 5.63. The molecule has 1 amide bonds. The maximum atomic E-state index is 14.2. The van der Waals surface area contributed by atoms with Crippen LogP contribution in [0.5, 0.6) is 0 Å². The molecular weight excluding hydrogens is 385 g/mol. The summed E-state index contributed by atoms with van der Waals surface area (Å²) in [5.41, 5.74) is 2.61.